The summed E-state index contributed by atoms with van der Waals surface area (Å²) in [7, 11) is -4.71. The highest BCUT2D eigenvalue weighted by molar-refractivity contribution is 7.52. The normalized spacial score (nSPS) is 24.6. The highest BCUT2D eigenvalue weighted by Gasteiger charge is 2.69. The molecule has 5 atom stereocenters. The van der Waals surface area contributed by atoms with E-state index in [1.165, 1.54) is 31.2 Å². The standard InChI is InChI=1S/C22H26F3N6O8P/c1-11(2)37-17(33)12(3)30-40(35,39-13-7-5-4-6-8-13)36-9-21(23)18(34)22(24,25)19(38-21)31-10-27-14-15(31)28-20(26)29-16(14)32/h4-8,10-12,18-19,34H,9H2,1-3H3,(H,30,35)(H3,26,28,29,32)/t12-,18+,19+,21+,40?/m0/s1. The second-order valence-corrected chi connectivity index (χ2v) is 10.8. The Morgan fingerprint density at radius 2 is 1.98 bits per heavy atom. The zero-order valence-electron chi connectivity index (χ0n) is 21.3. The molecule has 0 radical (unpaired) electrons. The Hall–Kier alpha value is -3.50. The van der Waals surface area contributed by atoms with Gasteiger partial charge in [0.1, 0.15) is 18.4 Å². The molecule has 5 N–H and O–H groups in total. The first-order chi connectivity index (χ1) is 18.6. The van der Waals surface area contributed by atoms with Gasteiger partial charge in [0.05, 0.1) is 12.4 Å². The molecule has 218 valence electrons. The van der Waals surface area contributed by atoms with Gasteiger partial charge in [-0.25, -0.2) is 13.9 Å². The maximum Gasteiger partial charge on any atom is 0.459 e. The molecule has 0 spiro atoms. The first-order valence-electron chi connectivity index (χ1n) is 11.8. The van der Waals surface area contributed by atoms with Crippen molar-refractivity contribution in [1.82, 2.24) is 24.6 Å². The Balaban J connectivity index is 1.61. The zero-order valence-corrected chi connectivity index (χ0v) is 22.2. The number of aliphatic hydroxyl groups is 1. The molecule has 18 heteroatoms. The molecule has 0 amide bonds. The van der Waals surface area contributed by atoms with E-state index in [1.54, 1.807) is 19.9 Å². The molecule has 1 aromatic carbocycles. The van der Waals surface area contributed by atoms with Crippen LogP contribution in [0, 0.1) is 0 Å². The number of nitrogens with two attached hydrogens (primary N) is 1. The number of hydrogen-bond acceptors (Lipinski definition) is 11. The van der Waals surface area contributed by atoms with Gasteiger partial charge in [-0.1, -0.05) is 18.2 Å². The van der Waals surface area contributed by atoms with E-state index in [4.69, 9.17) is 24.3 Å². The van der Waals surface area contributed by atoms with Crippen molar-refractivity contribution in [1.29, 1.82) is 0 Å². The Labute approximate surface area is 224 Å². The van der Waals surface area contributed by atoms with Crippen molar-refractivity contribution in [3.05, 3.63) is 47.0 Å². The number of nitrogens with one attached hydrogen (secondary N) is 2. The van der Waals surface area contributed by atoms with Crippen LogP contribution in [-0.4, -0.2) is 67.2 Å². The molecule has 1 saturated heterocycles. The highest BCUT2D eigenvalue weighted by Crippen LogP contribution is 2.52. The highest BCUT2D eigenvalue weighted by atomic mass is 31.2. The van der Waals surface area contributed by atoms with Crippen LogP contribution in [0.4, 0.5) is 19.1 Å². The fraction of sp³-hybridized carbons (Fsp3) is 0.455. The fourth-order valence-corrected chi connectivity index (χ4v) is 5.23. The predicted octanol–water partition coefficient (Wildman–Crippen LogP) is 2.03. The number of benzene rings is 1. The fourth-order valence-electron chi connectivity index (χ4n) is 3.73. The van der Waals surface area contributed by atoms with Gasteiger partial charge in [0.25, 0.3) is 11.4 Å². The molecule has 4 rings (SSSR count). The van der Waals surface area contributed by atoms with E-state index >= 15 is 13.2 Å². The van der Waals surface area contributed by atoms with Gasteiger partial charge >= 0.3 is 19.6 Å². The molecule has 3 aromatic rings. The van der Waals surface area contributed by atoms with Crippen LogP contribution in [0.25, 0.3) is 11.2 Å². The lowest BCUT2D eigenvalue weighted by Crippen LogP contribution is -2.46. The van der Waals surface area contributed by atoms with Gasteiger partial charge in [0.2, 0.25) is 12.2 Å². The lowest BCUT2D eigenvalue weighted by molar-refractivity contribution is -0.202. The average molecular weight is 590 g/mol. The van der Waals surface area contributed by atoms with Crippen LogP contribution >= 0.6 is 7.75 Å². The van der Waals surface area contributed by atoms with Gasteiger partial charge in [0, 0.05) is 0 Å². The van der Waals surface area contributed by atoms with E-state index in [0.29, 0.717) is 4.57 Å². The number of ether oxygens (including phenoxy) is 2. The summed E-state index contributed by atoms with van der Waals surface area (Å²) in [5.41, 5.74) is 3.76. The lowest BCUT2D eigenvalue weighted by atomic mass is 10.1. The van der Waals surface area contributed by atoms with Crippen molar-refractivity contribution in [3.8, 4) is 5.75 Å². The summed E-state index contributed by atoms with van der Waals surface area (Å²) in [6.45, 7) is 2.86. The van der Waals surface area contributed by atoms with E-state index in [-0.39, 0.29) is 5.75 Å². The zero-order chi connectivity index (χ0) is 29.5. The molecule has 1 aliphatic heterocycles. The number of aromatic amines is 1. The molecule has 1 unspecified atom stereocenters. The van der Waals surface area contributed by atoms with E-state index in [1.807, 2.05) is 0 Å². The van der Waals surface area contributed by atoms with E-state index < -0.39 is 79.2 Å². The number of nitrogens with zero attached hydrogens (tertiary/aromatic N) is 3. The van der Waals surface area contributed by atoms with Crippen molar-refractivity contribution in [2.24, 2.45) is 0 Å². The number of carbonyl (C=O) groups excluding carboxylic acids is 1. The van der Waals surface area contributed by atoms with Crippen LogP contribution in [0.1, 0.15) is 27.0 Å². The number of fused-ring (bicyclic) bond motifs is 1. The Morgan fingerprint density at radius 3 is 2.62 bits per heavy atom. The number of imidazole rings is 1. The number of H-pyrrole nitrogens is 1. The van der Waals surface area contributed by atoms with Gasteiger partial charge in [-0.2, -0.15) is 18.9 Å². The van der Waals surface area contributed by atoms with Gasteiger partial charge in [0.15, 0.2) is 17.3 Å². The van der Waals surface area contributed by atoms with Crippen LogP contribution in [0.2, 0.25) is 0 Å². The van der Waals surface area contributed by atoms with E-state index in [2.05, 4.69) is 20.0 Å². The Bertz CT molecular complexity index is 1490. The molecule has 3 heterocycles. The maximum atomic E-state index is 15.8. The number of carbonyl (C=O) groups is 1. The third-order valence-corrected chi connectivity index (χ3v) is 7.19. The number of nitrogen functional groups attached to an aromatic ring is 1. The number of rotatable bonds is 10. The Kier molecular flexibility index (Phi) is 7.97. The van der Waals surface area contributed by atoms with Crippen molar-refractivity contribution in [3.63, 3.8) is 0 Å². The van der Waals surface area contributed by atoms with Crippen molar-refractivity contribution >= 4 is 30.8 Å². The number of alkyl halides is 3. The predicted molar refractivity (Wildman–Crippen MR) is 132 cm³/mol. The third kappa shape index (κ3) is 5.83. The number of para-hydroxylation sites is 1. The molecular weight excluding hydrogens is 564 g/mol. The SMILES string of the molecule is CC(C)OC(=O)[C@H](C)NP(=O)(OC[C@@]1(F)O[C@@H](n2cnc3c(=O)[nH]c(N)nc32)C(F)(F)[C@@H]1O)Oc1ccccc1. The largest absolute Gasteiger partial charge is 0.462 e. The monoisotopic (exact) mass is 590 g/mol. The number of hydrogen-bond donors (Lipinski definition) is 4. The Morgan fingerprint density at radius 1 is 1.30 bits per heavy atom. The number of aromatic nitrogens is 4. The van der Waals surface area contributed by atoms with Crippen LogP contribution < -0.4 is 20.9 Å². The number of anilines is 1. The summed E-state index contributed by atoms with van der Waals surface area (Å²) >= 11 is 0. The second-order valence-electron chi connectivity index (χ2n) is 9.12. The smallest absolute Gasteiger partial charge is 0.459 e. The summed E-state index contributed by atoms with van der Waals surface area (Å²) in [5.74, 6) is -9.34. The molecule has 14 nitrogen and oxygen atoms in total. The minimum absolute atomic E-state index is 0.0365. The third-order valence-electron chi connectivity index (χ3n) is 5.57. The number of aliphatic hydroxyl groups excluding tert-OH is 1. The maximum absolute atomic E-state index is 15.8. The molecule has 1 aliphatic rings. The number of halogens is 3. The van der Waals surface area contributed by atoms with E-state index in [9.17, 15) is 19.3 Å². The molecule has 1 fully saturated rings. The average Bonchev–Trinajstić information content (AvgIpc) is 3.36. The van der Waals surface area contributed by atoms with Crippen LogP contribution in [0.3, 0.4) is 0 Å². The molecule has 0 aliphatic carbocycles. The van der Waals surface area contributed by atoms with Crippen LogP contribution in [-0.2, 0) is 23.4 Å². The van der Waals surface area contributed by atoms with Gasteiger partial charge in [-0.05, 0) is 32.9 Å². The topological polar surface area (TPSA) is 193 Å². The summed E-state index contributed by atoms with van der Waals surface area (Å²) in [6, 6.07) is 6.08. The second kappa shape index (κ2) is 10.8. The first-order valence-corrected chi connectivity index (χ1v) is 13.3. The van der Waals surface area contributed by atoms with Gasteiger partial charge in [-0.15, -0.1) is 0 Å². The molecule has 40 heavy (non-hydrogen) atoms. The van der Waals surface area contributed by atoms with Crippen molar-refractivity contribution in [2.45, 2.75) is 57.0 Å². The van der Waals surface area contributed by atoms with Gasteiger partial charge in [-0.3, -0.25) is 23.7 Å². The summed E-state index contributed by atoms with van der Waals surface area (Å²) < 4.78 is 80.6. The van der Waals surface area contributed by atoms with Crippen molar-refractivity contribution in [2.75, 3.05) is 12.3 Å². The minimum Gasteiger partial charge on any atom is -0.462 e. The summed E-state index contributed by atoms with van der Waals surface area (Å²) in [6.07, 6.45) is -5.52. The van der Waals surface area contributed by atoms with Gasteiger partial charge < -0.3 is 24.8 Å². The van der Waals surface area contributed by atoms with E-state index in [0.717, 1.165) is 6.33 Å². The lowest BCUT2D eigenvalue weighted by Gasteiger charge is -2.27. The van der Waals surface area contributed by atoms with Crippen LogP contribution in [0.15, 0.2) is 41.5 Å². The van der Waals surface area contributed by atoms with Crippen molar-refractivity contribution < 1.29 is 46.2 Å². The molecule has 0 saturated carbocycles. The summed E-state index contributed by atoms with van der Waals surface area (Å²) in [5, 5.41) is 12.5. The number of esters is 1. The first kappa shape index (κ1) is 29.5. The molecular formula is C22H26F3N6O8P. The van der Waals surface area contributed by atoms with Crippen LogP contribution in [0.5, 0.6) is 5.75 Å². The quantitative estimate of drug-likeness (QED) is 0.199. The minimum atomic E-state index is -4.71. The summed E-state index contributed by atoms with van der Waals surface area (Å²) in [4.78, 5) is 33.8. The molecule has 2 aromatic heterocycles. The molecule has 0 bridgehead atoms.